The molecule has 1 atom stereocenters. The molecule has 1 unspecified atom stereocenters. The zero-order valence-electron chi connectivity index (χ0n) is 22.3. The lowest BCUT2D eigenvalue weighted by atomic mass is 9.98. The summed E-state index contributed by atoms with van der Waals surface area (Å²) in [5, 5.41) is 0. The zero-order chi connectivity index (χ0) is 27.1. The van der Waals surface area contributed by atoms with Crippen LogP contribution in [0.4, 0.5) is 0 Å². The van der Waals surface area contributed by atoms with Crippen molar-refractivity contribution < 1.29 is 28.5 Å². The Kier molecular flexibility index (Phi) is 9.27. The minimum Gasteiger partial charge on any atom is -0.482 e. The van der Waals surface area contributed by atoms with Crippen LogP contribution >= 0.6 is 0 Å². The monoisotopic (exact) mass is 523 g/mol. The highest BCUT2D eigenvalue weighted by Gasteiger charge is 2.29. The van der Waals surface area contributed by atoms with Gasteiger partial charge in [-0.3, -0.25) is 4.79 Å². The Hall–Kier alpha value is -3.45. The molecule has 0 saturated heterocycles. The smallest absolute Gasteiger partial charge is 0.344 e. The van der Waals surface area contributed by atoms with Crippen molar-refractivity contribution >= 4 is 22.8 Å². The van der Waals surface area contributed by atoms with Crippen LogP contribution in [0.25, 0.3) is 0 Å². The van der Waals surface area contributed by atoms with Gasteiger partial charge in [0.1, 0.15) is 17.1 Å². The van der Waals surface area contributed by atoms with Crippen molar-refractivity contribution in [3.05, 3.63) is 78.9 Å². The van der Waals surface area contributed by atoms with Gasteiger partial charge in [0, 0.05) is 0 Å². The molecule has 6 nitrogen and oxygen atoms in total. The van der Waals surface area contributed by atoms with Crippen LogP contribution in [0.1, 0.15) is 41.5 Å². The van der Waals surface area contributed by atoms with Gasteiger partial charge in [-0.2, -0.15) is 0 Å². The van der Waals surface area contributed by atoms with Gasteiger partial charge in [-0.1, -0.05) is 18.2 Å². The summed E-state index contributed by atoms with van der Waals surface area (Å²) in [6.07, 6.45) is 0. The fourth-order valence-electron chi connectivity index (χ4n) is 3.19. The van der Waals surface area contributed by atoms with Crippen molar-refractivity contribution in [3.63, 3.8) is 0 Å². The number of ether oxygens (including phenoxy) is 4. The van der Waals surface area contributed by atoms with Crippen molar-refractivity contribution in [1.29, 1.82) is 0 Å². The molecular weight excluding hydrogens is 488 g/mol. The summed E-state index contributed by atoms with van der Waals surface area (Å²) in [6.45, 7) is 10.6. The minimum absolute atomic E-state index is 0.134. The van der Waals surface area contributed by atoms with E-state index in [2.05, 4.69) is 12.1 Å². The number of rotatable bonds is 9. The van der Waals surface area contributed by atoms with Crippen LogP contribution in [0.3, 0.4) is 0 Å². The third-order valence-electron chi connectivity index (χ3n) is 4.90. The van der Waals surface area contributed by atoms with Crippen molar-refractivity contribution in [3.8, 4) is 11.5 Å². The van der Waals surface area contributed by atoms with Gasteiger partial charge >= 0.3 is 11.9 Å². The summed E-state index contributed by atoms with van der Waals surface area (Å²) in [5.41, 5.74) is -1.13. The summed E-state index contributed by atoms with van der Waals surface area (Å²) in [4.78, 5) is 27.3. The fraction of sp³-hybridized carbons (Fsp3) is 0.333. The van der Waals surface area contributed by atoms with E-state index in [0.717, 1.165) is 14.7 Å². The third-order valence-corrected chi connectivity index (χ3v) is 7.13. The Bertz CT molecular complexity index is 1160. The zero-order valence-corrected chi connectivity index (χ0v) is 23.1. The first-order valence-corrected chi connectivity index (χ1v) is 13.3. The van der Waals surface area contributed by atoms with Crippen LogP contribution in [-0.2, 0) is 30.0 Å². The molecule has 0 bridgehead atoms. The van der Waals surface area contributed by atoms with Crippen LogP contribution < -0.4 is 9.47 Å². The average molecular weight is 524 g/mol. The van der Waals surface area contributed by atoms with Crippen LogP contribution in [0, 0.1) is 5.41 Å². The Morgan fingerprint density at radius 1 is 0.676 bits per heavy atom. The number of hydrogen-bond donors (Lipinski definition) is 0. The van der Waals surface area contributed by atoms with E-state index in [-0.39, 0.29) is 30.3 Å². The third kappa shape index (κ3) is 8.86. The number of hydrogen-bond acceptors (Lipinski definition) is 6. The van der Waals surface area contributed by atoms with Crippen LogP contribution in [0.15, 0.2) is 93.5 Å². The lowest BCUT2D eigenvalue weighted by molar-refractivity contribution is -0.160. The number of carbonyl (C=O) groups is 2. The summed E-state index contributed by atoms with van der Waals surface area (Å²) < 4.78 is 21.7. The predicted molar refractivity (Wildman–Crippen MR) is 144 cm³/mol. The molecule has 0 N–H and O–H groups in total. The number of carbonyl (C=O) groups excluding carboxylic acids is 2. The van der Waals surface area contributed by atoms with Crippen molar-refractivity contribution in [2.75, 3.05) is 13.4 Å². The Balaban J connectivity index is 1.72. The number of esters is 2. The maximum absolute atomic E-state index is 12.0. The highest BCUT2D eigenvalue weighted by Crippen LogP contribution is 2.33. The summed E-state index contributed by atoms with van der Waals surface area (Å²) in [6, 6.07) is 25.8. The highest BCUT2D eigenvalue weighted by atomic mass is 32.2. The Morgan fingerprint density at radius 2 is 1.16 bits per heavy atom. The molecule has 0 saturated carbocycles. The molecular formula is C30H35O6S+. The van der Waals surface area contributed by atoms with E-state index < -0.39 is 17.0 Å². The lowest BCUT2D eigenvalue weighted by Gasteiger charge is -2.19. The molecule has 0 aliphatic heterocycles. The largest absolute Gasteiger partial charge is 0.482 e. The molecule has 0 amide bonds. The fourth-order valence-corrected chi connectivity index (χ4v) is 5.25. The van der Waals surface area contributed by atoms with E-state index in [9.17, 15) is 9.59 Å². The standard InChI is InChI=1S/C30H35O6S/c1-29(2,3)28(32)35-21-34-23-14-18-26(19-15-23)37(24-10-8-7-9-11-24)25-16-12-22(13-17-25)33-20-27(31)36-30(4,5)6/h7-19H,20-21H2,1-6H3/q+1. The summed E-state index contributed by atoms with van der Waals surface area (Å²) in [7, 11) is -0.370. The molecule has 0 radical (unpaired) electrons. The van der Waals surface area contributed by atoms with Gasteiger partial charge in [0.15, 0.2) is 21.3 Å². The first-order chi connectivity index (χ1) is 17.4. The van der Waals surface area contributed by atoms with Crippen LogP contribution in [0.2, 0.25) is 0 Å². The topological polar surface area (TPSA) is 71.1 Å². The maximum atomic E-state index is 12.0. The lowest BCUT2D eigenvalue weighted by Crippen LogP contribution is -2.27. The molecule has 0 heterocycles. The first kappa shape index (κ1) is 28.1. The number of benzene rings is 3. The Morgan fingerprint density at radius 3 is 1.65 bits per heavy atom. The van der Waals surface area contributed by atoms with E-state index >= 15 is 0 Å². The summed E-state index contributed by atoms with van der Waals surface area (Å²) in [5.74, 6) is 0.497. The average Bonchev–Trinajstić information content (AvgIpc) is 2.84. The van der Waals surface area contributed by atoms with Gasteiger partial charge in [-0.25, -0.2) is 4.79 Å². The quantitative estimate of drug-likeness (QED) is 0.183. The minimum atomic E-state index is -0.576. The maximum Gasteiger partial charge on any atom is 0.344 e. The second-order valence-corrected chi connectivity index (χ2v) is 12.4. The van der Waals surface area contributed by atoms with Gasteiger partial charge in [-0.15, -0.1) is 0 Å². The highest BCUT2D eigenvalue weighted by molar-refractivity contribution is 7.97. The van der Waals surface area contributed by atoms with E-state index in [0.29, 0.717) is 11.5 Å². The molecule has 0 aliphatic rings. The van der Waals surface area contributed by atoms with Gasteiger partial charge in [-0.05, 0) is 102 Å². The van der Waals surface area contributed by atoms with E-state index in [1.165, 1.54) is 0 Å². The molecule has 196 valence electrons. The molecule has 3 aromatic carbocycles. The molecule has 0 aromatic heterocycles. The van der Waals surface area contributed by atoms with E-state index in [1.807, 2.05) is 87.5 Å². The predicted octanol–water partition coefficient (Wildman–Crippen LogP) is 6.43. The second-order valence-electron chi connectivity index (χ2n) is 10.4. The molecule has 3 aromatic rings. The molecule has 0 spiro atoms. The van der Waals surface area contributed by atoms with E-state index in [4.69, 9.17) is 18.9 Å². The normalized spacial score (nSPS) is 12.4. The van der Waals surface area contributed by atoms with Gasteiger partial charge < -0.3 is 18.9 Å². The Labute approximate surface area is 222 Å². The van der Waals surface area contributed by atoms with Gasteiger partial charge in [0.25, 0.3) is 0 Å². The molecule has 0 aliphatic carbocycles. The van der Waals surface area contributed by atoms with Crippen molar-refractivity contribution in [2.45, 2.75) is 61.8 Å². The van der Waals surface area contributed by atoms with Crippen molar-refractivity contribution in [1.82, 2.24) is 0 Å². The van der Waals surface area contributed by atoms with E-state index in [1.54, 1.807) is 20.8 Å². The molecule has 0 fully saturated rings. The van der Waals surface area contributed by atoms with Crippen LogP contribution in [-0.4, -0.2) is 30.9 Å². The second kappa shape index (κ2) is 12.2. The van der Waals surface area contributed by atoms with Crippen molar-refractivity contribution in [2.24, 2.45) is 5.41 Å². The van der Waals surface area contributed by atoms with Crippen LogP contribution in [0.5, 0.6) is 11.5 Å². The first-order valence-electron chi connectivity index (χ1n) is 12.1. The molecule has 3 rings (SSSR count). The van der Waals surface area contributed by atoms with Gasteiger partial charge in [0.05, 0.1) is 16.3 Å². The SMILES string of the molecule is CC(C)(C)OC(=O)COc1ccc([S+](c2ccccc2)c2ccc(OCOC(=O)C(C)(C)C)cc2)cc1. The summed E-state index contributed by atoms with van der Waals surface area (Å²) >= 11 is 0. The molecule has 37 heavy (non-hydrogen) atoms. The molecule has 7 heteroatoms. The van der Waals surface area contributed by atoms with Gasteiger partial charge in [0.2, 0.25) is 6.79 Å².